The topological polar surface area (TPSA) is 109 Å². The summed E-state index contributed by atoms with van der Waals surface area (Å²) in [6, 6.07) is 13.6. The Bertz CT molecular complexity index is 716. The predicted molar refractivity (Wildman–Crippen MR) is 84.6 cm³/mol. The Morgan fingerprint density at radius 3 is 2.13 bits per heavy atom. The Labute approximate surface area is 135 Å². The van der Waals surface area contributed by atoms with Gasteiger partial charge < -0.3 is 9.45 Å². The molecule has 0 atom stereocenters. The van der Waals surface area contributed by atoms with Crippen molar-refractivity contribution in [3.63, 3.8) is 0 Å². The van der Waals surface area contributed by atoms with E-state index in [1.807, 2.05) is 67.7 Å². The minimum Gasteiger partial charge on any atom is -0.726 e. The van der Waals surface area contributed by atoms with E-state index >= 15 is 0 Å². The second-order valence-electron chi connectivity index (χ2n) is 4.43. The number of H-pyrrole nitrogens is 1. The van der Waals surface area contributed by atoms with Crippen LogP contribution in [0.4, 0.5) is 17.2 Å². The molecule has 0 radical (unpaired) electrons. The van der Waals surface area contributed by atoms with Crippen LogP contribution < -0.4 is 9.88 Å². The van der Waals surface area contributed by atoms with Crippen LogP contribution in [-0.2, 0) is 14.6 Å². The van der Waals surface area contributed by atoms with Gasteiger partial charge in [-0.05, 0) is 35.4 Å². The van der Waals surface area contributed by atoms with Crippen LogP contribution >= 0.6 is 0 Å². The highest BCUT2D eigenvalue weighted by molar-refractivity contribution is 7.80. The first-order chi connectivity index (χ1) is 10.8. The largest absolute Gasteiger partial charge is 0.726 e. The number of pyridine rings is 1. The number of hydrogen-bond donors (Lipinski definition) is 0. The highest BCUT2D eigenvalue weighted by Gasteiger charge is 1.99. The molecule has 2 rings (SSSR count). The van der Waals surface area contributed by atoms with Crippen LogP contribution in [0.5, 0.6) is 0 Å². The normalized spacial score (nSPS) is 11.0. The highest BCUT2D eigenvalue weighted by atomic mass is 32.3. The third kappa shape index (κ3) is 8.00. The Balaban J connectivity index is 0.000000379. The molecule has 0 unspecified atom stereocenters. The average molecular weight is 338 g/mol. The van der Waals surface area contributed by atoms with Crippen molar-refractivity contribution in [2.75, 3.05) is 26.1 Å². The van der Waals surface area contributed by atoms with E-state index < -0.39 is 10.4 Å². The number of nitrogens with one attached hydrogen (secondary N) is 1. The minimum absolute atomic E-state index is 0.740. The van der Waals surface area contributed by atoms with Crippen LogP contribution in [-0.4, -0.2) is 34.2 Å². The summed E-state index contributed by atoms with van der Waals surface area (Å²) in [6.45, 7) is 0. The molecule has 0 bridgehead atoms. The van der Waals surface area contributed by atoms with Crippen molar-refractivity contribution < 1.29 is 22.1 Å². The fourth-order valence-corrected chi connectivity index (χ4v) is 1.38. The van der Waals surface area contributed by atoms with Gasteiger partial charge in [-0.1, -0.05) is 6.07 Å². The molecule has 0 saturated carbocycles. The molecule has 9 heteroatoms. The van der Waals surface area contributed by atoms with Gasteiger partial charge in [-0.15, -0.1) is 0 Å². The molecule has 0 aliphatic carbocycles. The lowest BCUT2D eigenvalue weighted by Crippen LogP contribution is -2.07. The van der Waals surface area contributed by atoms with Gasteiger partial charge in [0.25, 0.3) is 0 Å². The van der Waals surface area contributed by atoms with E-state index in [0.717, 1.165) is 24.3 Å². The first kappa shape index (κ1) is 18.7. The number of azo groups is 1. The Morgan fingerprint density at radius 2 is 1.70 bits per heavy atom. The molecule has 23 heavy (non-hydrogen) atoms. The number of anilines is 1. The molecule has 1 aromatic heterocycles. The maximum Gasteiger partial charge on any atom is 0.348 e. The summed E-state index contributed by atoms with van der Waals surface area (Å²) in [7, 11) is 0.415. The highest BCUT2D eigenvalue weighted by Crippen LogP contribution is 2.19. The second kappa shape index (κ2) is 8.93. The van der Waals surface area contributed by atoms with Crippen molar-refractivity contribution in [3.8, 4) is 0 Å². The van der Waals surface area contributed by atoms with Crippen molar-refractivity contribution in [3.05, 3.63) is 48.7 Å². The summed E-state index contributed by atoms with van der Waals surface area (Å²) in [4.78, 5) is 5.05. The summed E-state index contributed by atoms with van der Waals surface area (Å²) >= 11 is 0. The van der Waals surface area contributed by atoms with Gasteiger partial charge in [0.15, 0.2) is 0 Å². The van der Waals surface area contributed by atoms with Crippen LogP contribution in [0.2, 0.25) is 0 Å². The van der Waals surface area contributed by atoms with Crippen LogP contribution in [0.1, 0.15) is 0 Å². The molecular formula is C14H18N4O4S. The van der Waals surface area contributed by atoms with E-state index in [4.69, 9.17) is 0 Å². The van der Waals surface area contributed by atoms with Gasteiger partial charge in [0.05, 0.1) is 18.4 Å². The average Bonchev–Trinajstić information content (AvgIpc) is 2.54. The molecule has 2 aromatic rings. The summed E-state index contributed by atoms with van der Waals surface area (Å²) in [5.41, 5.74) is 1.99. The zero-order valence-electron chi connectivity index (χ0n) is 13.0. The Kier molecular flexibility index (Phi) is 7.26. The monoisotopic (exact) mass is 338 g/mol. The van der Waals surface area contributed by atoms with Crippen LogP contribution in [0, 0.1) is 0 Å². The lowest BCUT2D eigenvalue weighted by molar-refractivity contribution is -0.363. The van der Waals surface area contributed by atoms with Gasteiger partial charge in [0.2, 0.25) is 10.4 Å². The molecule has 8 nitrogen and oxygen atoms in total. The fourth-order valence-electron chi connectivity index (χ4n) is 1.38. The first-order valence-corrected chi connectivity index (χ1v) is 7.82. The van der Waals surface area contributed by atoms with Gasteiger partial charge in [-0.3, -0.25) is 4.18 Å². The molecular weight excluding hydrogens is 320 g/mol. The molecule has 0 aliphatic rings. The molecule has 1 N–H and O–H groups in total. The molecule has 0 fully saturated rings. The van der Waals surface area contributed by atoms with Gasteiger partial charge in [0.1, 0.15) is 5.69 Å². The number of benzene rings is 1. The smallest absolute Gasteiger partial charge is 0.348 e. The van der Waals surface area contributed by atoms with Crippen molar-refractivity contribution in [1.82, 2.24) is 0 Å². The number of rotatable bonds is 4. The van der Waals surface area contributed by atoms with Gasteiger partial charge in [-0.2, -0.15) is 0 Å². The van der Waals surface area contributed by atoms with Crippen molar-refractivity contribution in [1.29, 1.82) is 0 Å². The maximum absolute atomic E-state index is 9.22. The standard InChI is InChI=1S/C13H14N4.CH4O4S/c1-17(2)12-8-6-11(7-9-12)15-16-13-5-3-4-10-14-13;1-5-6(2,3)4/h3-10H,1-2H3;1H3,(H,2,3,4). The first-order valence-electron chi connectivity index (χ1n) is 6.49. The zero-order chi connectivity index (χ0) is 17.3. The van der Waals surface area contributed by atoms with Crippen molar-refractivity contribution >= 4 is 27.6 Å². The van der Waals surface area contributed by atoms with E-state index in [2.05, 4.69) is 19.4 Å². The SMILES string of the molecule is CN(C)c1ccc(N=Nc2cccc[nH+]2)cc1.COS(=O)(=O)[O-]. The third-order valence-corrected chi connectivity index (χ3v) is 2.94. The molecule has 1 heterocycles. The predicted octanol–water partition coefficient (Wildman–Crippen LogP) is 2.08. The summed E-state index contributed by atoms with van der Waals surface area (Å²) in [6.07, 6.45) is 1.82. The number of hydrogen-bond acceptors (Lipinski definition) is 7. The zero-order valence-corrected chi connectivity index (χ0v) is 13.8. The number of nitrogens with zero attached hydrogens (tertiary/aromatic N) is 3. The van der Waals surface area contributed by atoms with E-state index in [0.29, 0.717) is 0 Å². The van der Waals surface area contributed by atoms with E-state index in [1.54, 1.807) is 0 Å². The molecule has 0 aliphatic heterocycles. The Morgan fingerprint density at radius 1 is 1.09 bits per heavy atom. The maximum atomic E-state index is 9.22. The van der Waals surface area contributed by atoms with E-state index in [1.165, 1.54) is 0 Å². The molecule has 0 saturated heterocycles. The quantitative estimate of drug-likeness (QED) is 0.481. The van der Waals surface area contributed by atoms with Crippen LogP contribution in [0.25, 0.3) is 0 Å². The fraction of sp³-hybridized carbons (Fsp3) is 0.214. The van der Waals surface area contributed by atoms with Crippen LogP contribution in [0.3, 0.4) is 0 Å². The van der Waals surface area contributed by atoms with Crippen molar-refractivity contribution in [2.45, 2.75) is 0 Å². The summed E-state index contributed by atoms with van der Waals surface area (Å²) in [5.74, 6) is 0.740. The van der Waals surface area contributed by atoms with Crippen molar-refractivity contribution in [2.24, 2.45) is 10.2 Å². The summed E-state index contributed by atoms with van der Waals surface area (Å²) in [5, 5.41) is 8.26. The second-order valence-corrected chi connectivity index (χ2v) is 5.58. The molecule has 124 valence electrons. The molecule has 0 spiro atoms. The van der Waals surface area contributed by atoms with E-state index in [-0.39, 0.29) is 0 Å². The number of aromatic nitrogens is 1. The minimum atomic E-state index is -4.41. The van der Waals surface area contributed by atoms with Crippen LogP contribution in [0.15, 0.2) is 58.9 Å². The number of aromatic amines is 1. The lowest BCUT2D eigenvalue weighted by Gasteiger charge is -2.11. The third-order valence-electron chi connectivity index (χ3n) is 2.54. The Hall–Kier alpha value is -2.36. The molecule has 0 amide bonds. The van der Waals surface area contributed by atoms with Gasteiger partial charge >= 0.3 is 5.82 Å². The summed E-state index contributed by atoms with van der Waals surface area (Å²) < 4.78 is 31.0. The van der Waals surface area contributed by atoms with E-state index in [9.17, 15) is 13.0 Å². The van der Waals surface area contributed by atoms with Gasteiger partial charge in [-0.25, -0.2) is 13.4 Å². The van der Waals surface area contributed by atoms with Gasteiger partial charge in [0, 0.05) is 25.8 Å². The molecule has 1 aromatic carbocycles. The lowest BCUT2D eigenvalue weighted by atomic mass is 10.3.